The van der Waals surface area contributed by atoms with Crippen molar-refractivity contribution >= 4 is 0 Å². The molecule has 0 saturated heterocycles. The second kappa shape index (κ2) is 9.20. The van der Waals surface area contributed by atoms with Gasteiger partial charge in [-0.1, -0.05) is 38.0 Å². The Balaban J connectivity index is 1.39. The molecule has 30 heavy (non-hydrogen) atoms. The lowest BCUT2D eigenvalue weighted by Crippen LogP contribution is -2.14. The molecular weight excluding hydrogens is 382 g/mol. The first-order valence-corrected chi connectivity index (χ1v) is 11.1. The Morgan fingerprint density at radius 1 is 0.933 bits per heavy atom. The summed E-state index contributed by atoms with van der Waals surface area (Å²) in [5.74, 6) is 1.21. The van der Waals surface area contributed by atoms with Crippen molar-refractivity contribution in [3.05, 3.63) is 59.7 Å². The Kier molecular flexibility index (Phi) is 6.40. The van der Waals surface area contributed by atoms with Crippen LogP contribution in [0.25, 0.3) is 11.1 Å². The molecule has 1 fully saturated rings. The largest absolute Gasteiger partial charge is 0.491 e. The van der Waals surface area contributed by atoms with Crippen molar-refractivity contribution in [1.29, 1.82) is 0 Å². The Hall–Kier alpha value is -2.36. The van der Waals surface area contributed by atoms with E-state index in [-0.39, 0.29) is 11.3 Å². The average molecular weight is 413 g/mol. The van der Waals surface area contributed by atoms with Crippen LogP contribution < -0.4 is 9.47 Å². The van der Waals surface area contributed by atoms with Gasteiger partial charge >= 0.3 is 0 Å². The maximum atomic E-state index is 14.4. The molecule has 2 aliphatic rings. The number of allylic oxidation sites excluding steroid dienone is 1. The van der Waals surface area contributed by atoms with E-state index in [0.717, 1.165) is 17.6 Å². The molecular formula is C26H30F2O2. The Labute approximate surface area is 177 Å². The zero-order valence-corrected chi connectivity index (χ0v) is 17.8. The predicted octanol–water partition coefficient (Wildman–Crippen LogP) is 7.18. The van der Waals surface area contributed by atoms with Gasteiger partial charge in [0.25, 0.3) is 0 Å². The van der Waals surface area contributed by atoms with Crippen LogP contribution >= 0.6 is 0 Å². The minimum Gasteiger partial charge on any atom is -0.491 e. The van der Waals surface area contributed by atoms with E-state index in [1.54, 1.807) is 25.1 Å². The minimum absolute atomic E-state index is 0.0602. The van der Waals surface area contributed by atoms with Gasteiger partial charge in [0.1, 0.15) is 12.4 Å². The van der Waals surface area contributed by atoms with Gasteiger partial charge in [-0.3, -0.25) is 0 Å². The van der Waals surface area contributed by atoms with Crippen LogP contribution in [0.4, 0.5) is 8.78 Å². The second-order valence-electron chi connectivity index (χ2n) is 8.40. The molecule has 0 amide bonds. The van der Waals surface area contributed by atoms with Gasteiger partial charge in [0.2, 0.25) is 5.82 Å². The van der Waals surface area contributed by atoms with Crippen LogP contribution in [0.2, 0.25) is 0 Å². The fourth-order valence-electron chi connectivity index (χ4n) is 5.22. The molecule has 0 N–H and O–H groups in total. The number of halogens is 2. The number of fused-ring (bicyclic) bond motifs is 1. The second-order valence-corrected chi connectivity index (χ2v) is 8.40. The summed E-state index contributed by atoms with van der Waals surface area (Å²) in [6, 6.07) is 10.2. The number of hydrogen-bond donors (Lipinski definition) is 0. The molecule has 0 spiro atoms. The lowest BCUT2D eigenvalue weighted by Gasteiger charge is -2.19. The molecule has 2 aliphatic carbocycles. The number of benzene rings is 2. The summed E-state index contributed by atoms with van der Waals surface area (Å²) in [6.07, 6.45) is 8.81. The summed E-state index contributed by atoms with van der Waals surface area (Å²) >= 11 is 0. The maximum Gasteiger partial charge on any atom is 0.201 e. The van der Waals surface area contributed by atoms with Gasteiger partial charge in [0, 0.05) is 5.56 Å². The van der Waals surface area contributed by atoms with Crippen molar-refractivity contribution in [3.63, 3.8) is 0 Å². The SMILES string of the molecule is CCCC1CCC2C(COc3ccc(-c4ccc(OCC)c(F)c4F)cc3)=CCC12. The average Bonchev–Trinajstić information content (AvgIpc) is 3.34. The van der Waals surface area contributed by atoms with Gasteiger partial charge in [-0.2, -0.15) is 4.39 Å². The standard InChI is InChI=1S/C26H30F2O2/c1-3-5-17-8-12-22-19(9-13-21(17)22)16-30-20-10-6-18(7-11-20)23-14-15-24(29-4-2)26(28)25(23)27/h6-7,9-11,14-15,17,21-22H,3-5,8,12-13,16H2,1-2H3. The molecule has 0 bridgehead atoms. The lowest BCUT2D eigenvalue weighted by atomic mass is 9.87. The first-order chi connectivity index (χ1) is 14.6. The van der Waals surface area contributed by atoms with Crippen molar-refractivity contribution in [1.82, 2.24) is 0 Å². The third-order valence-corrected chi connectivity index (χ3v) is 6.68. The fraction of sp³-hybridized carbons (Fsp3) is 0.462. The molecule has 0 heterocycles. The van der Waals surface area contributed by atoms with Gasteiger partial charge < -0.3 is 9.47 Å². The quantitative estimate of drug-likeness (QED) is 0.428. The van der Waals surface area contributed by atoms with Crippen LogP contribution in [-0.2, 0) is 0 Å². The van der Waals surface area contributed by atoms with Crippen molar-refractivity contribution in [3.8, 4) is 22.6 Å². The zero-order chi connectivity index (χ0) is 21.1. The smallest absolute Gasteiger partial charge is 0.201 e. The fourth-order valence-corrected chi connectivity index (χ4v) is 5.22. The molecule has 2 nitrogen and oxygen atoms in total. The van der Waals surface area contributed by atoms with Crippen molar-refractivity contribution in [2.24, 2.45) is 17.8 Å². The highest BCUT2D eigenvalue weighted by atomic mass is 19.2. The van der Waals surface area contributed by atoms with Gasteiger partial charge in [-0.25, -0.2) is 4.39 Å². The summed E-state index contributed by atoms with van der Waals surface area (Å²) in [5.41, 5.74) is 2.26. The predicted molar refractivity (Wildman–Crippen MR) is 116 cm³/mol. The molecule has 2 aromatic carbocycles. The topological polar surface area (TPSA) is 18.5 Å². The minimum atomic E-state index is -0.949. The molecule has 160 valence electrons. The zero-order valence-electron chi connectivity index (χ0n) is 17.8. The van der Waals surface area contributed by atoms with E-state index in [4.69, 9.17) is 9.47 Å². The molecule has 3 atom stereocenters. The number of rotatable bonds is 8. The highest BCUT2D eigenvalue weighted by molar-refractivity contribution is 5.66. The van der Waals surface area contributed by atoms with Gasteiger partial charge in [0.05, 0.1) is 6.61 Å². The van der Waals surface area contributed by atoms with Crippen molar-refractivity contribution in [2.75, 3.05) is 13.2 Å². The molecule has 0 aromatic heterocycles. The third-order valence-electron chi connectivity index (χ3n) is 6.68. The van der Waals surface area contributed by atoms with E-state index >= 15 is 0 Å². The molecule has 4 rings (SSSR count). The number of hydrogen-bond acceptors (Lipinski definition) is 2. The van der Waals surface area contributed by atoms with Crippen LogP contribution in [0, 0.1) is 29.4 Å². The molecule has 1 saturated carbocycles. The van der Waals surface area contributed by atoms with E-state index < -0.39 is 11.6 Å². The van der Waals surface area contributed by atoms with Crippen molar-refractivity contribution < 1.29 is 18.3 Å². The van der Waals surface area contributed by atoms with Crippen LogP contribution in [0.15, 0.2) is 48.0 Å². The van der Waals surface area contributed by atoms with E-state index in [0.29, 0.717) is 24.7 Å². The monoisotopic (exact) mass is 412 g/mol. The maximum absolute atomic E-state index is 14.4. The van der Waals surface area contributed by atoms with Gasteiger partial charge in [-0.15, -0.1) is 0 Å². The number of ether oxygens (including phenoxy) is 2. The summed E-state index contributed by atoms with van der Waals surface area (Å²) in [5, 5.41) is 0. The van der Waals surface area contributed by atoms with Crippen LogP contribution in [-0.4, -0.2) is 13.2 Å². The van der Waals surface area contributed by atoms with E-state index in [1.165, 1.54) is 43.7 Å². The molecule has 0 aliphatic heterocycles. The van der Waals surface area contributed by atoms with Crippen molar-refractivity contribution in [2.45, 2.75) is 46.0 Å². The van der Waals surface area contributed by atoms with Gasteiger partial charge in [-0.05, 0) is 79.3 Å². The molecule has 0 radical (unpaired) electrons. The molecule has 3 unspecified atom stereocenters. The van der Waals surface area contributed by atoms with Crippen LogP contribution in [0.5, 0.6) is 11.5 Å². The highest BCUT2D eigenvalue weighted by Gasteiger charge is 2.39. The summed E-state index contributed by atoms with van der Waals surface area (Å²) in [4.78, 5) is 0. The van der Waals surface area contributed by atoms with Gasteiger partial charge in [0.15, 0.2) is 11.6 Å². The third kappa shape index (κ3) is 4.10. The molecule has 4 heteroatoms. The normalized spacial score (nSPS) is 22.7. The van der Waals surface area contributed by atoms with E-state index in [9.17, 15) is 8.78 Å². The summed E-state index contributed by atoms with van der Waals surface area (Å²) in [6.45, 7) is 4.92. The Bertz CT molecular complexity index is 904. The highest BCUT2D eigenvalue weighted by Crippen LogP contribution is 2.49. The Morgan fingerprint density at radius 3 is 2.47 bits per heavy atom. The van der Waals surface area contributed by atoms with E-state index in [1.807, 2.05) is 12.1 Å². The first kappa shape index (κ1) is 20.9. The lowest BCUT2D eigenvalue weighted by molar-refractivity contribution is 0.307. The molecule has 2 aromatic rings. The summed E-state index contributed by atoms with van der Waals surface area (Å²) < 4.78 is 39.8. The van der Waals surface area contributed by atoms with Crippen LogP contribution in [0.3, 0.4) is 0 Å². The summed E-state index contributed by atoms with van der Waals surface area (Å²) in [7, 11) is 0. The van der Waals surface area contributed by atoms with Crippen LogP contribution in [0.1, 0.15) is 46.0 Å². The first-order valence-electron chi connectivity index (χ1n) is 11.1. The Morgan fingerprint density at radius 2 is 1.73 bits per heavy atom. The van der Waals surface area contributed by atoms with E-state index in [2.05, 4.69) is 13.0 Å².